The van der Waals surface area contributed by atoms with E-state index in [2.05, 4.69) is 9.98 Å². The molecule has 0 bridgehead atoms. The van der Waals surface area contributed by atoms with Gasteiger partial charge in [0.05, 0.1) is 11.4 Å². The lowest BCUT2D eigenvalue weighted by Gasteiger charge is -2.10. The van der Waals surface area contributed by atoms with Crippen molar-refractivity contribution in [2.24, 2.45) is 4.99 Å². The first kappa shape index (κ1) is 15.8. The van der Waals surface area contributed by atoms with E-state index in [1.54, 1.807) is 6.21 Å². The van der Waals surface area contributed by atoms with Crippen LogP contribution in [0.4, 0.5) is 10.1 Å². The maximum absolute atomic E-state index is 13.1. The van der Waals surface area contributed by atoms with Crippen LogP contribution in [0, 0.1) is 5.82 Å². The third-order valence-electron chi connectivity index (χ3n) is 4.06. The number of aromatic amines is 1. The summed E-state index contributed by atoms with van der Waals surface area (Å²) in [6.45, 7) is 0. The van der Waals surface area contributed by atoms with Crippen LogP contribution in [-0.2, 0) is 0 Å². The minimum atomic E-state index is -0.818. The Kier molecular flexibility index (Phi) is 3.62. The maximum Gasteiger partial charge on any atom is 0.335 e. The fourth-order valence-electron chi connectivity index (χ4n) is 2.81. The molecular weight excluding hydrogens is 337 g/mol. The van der Waals surface area contributed by atoms with Crippen molar-refractivity contribution in [2.45, 2.75) is 0 Å². The molecule has 0 saturated carbocycles. The number of hydrogen-bond donors (Lipinski definition) is 2. The minimum absolute atomic E-state index is 0.0907. The van der Waals surface area contributed by atoms with Crippen molar-refractivity contribution in [3.8, 4) is 11.6 Å². The molecule has 7 heteroatoms. The minimum Gasteiger partial charge on any atom is -0.494 e. The van der Waals surface area contributed by atoms with Gasteiger partial charge in [0, 0.05) is 17.4 Å². The summed E-state index contributed by atoms with van der Waals surface area (Å²) in [7, 11) is 0. The largest absolute Gasteiger partial charge is 0.494 e. The van der Waals surface area contributed by atoms with Gasteiger partial charge in [0.25, 0.3) is 5.56 Å². The van der Waals surface area contributed by atoms with Crippen molar-refractivity contribution >= 4 is 23.6 Å². The second-order valence-corrected chi connectivity index (χ2v) is 5.68. The normalized spacial score (nSPS) is 14.0. The van der Waals surface area contributed by atoms with E-state index in [0.717, 1.165) is 28.0 Å². The molecule has 0 atom stereocenters. The molecule has 3 aromatic rings. The average molecular weight is 349 g/mol. The molecular formula is C19H12FN3O3. The van der Waals surface area contributed by atoms with E-state index >= 15 is 0 Å². The summed E-state index contributed by atoms with van der Waals surface area (Å²) in [5.41, 5.74) is 0.785. The third kappa shape index (κ3) is 2.55. The molecule has 1 aliphatic heterocycles. The van der Waals surface area contributed by atoms with Gasteiger partial charge in [0.1, 0.15) is 11.4 Å². The molecule has 2 heterocycles. The zero-order valence-electron chi connectivity index (χ0n) is 13.3. The Bertz CT molecular complexity index is 1190. The predicted molar refractivity (Wildman–Crippen MR) is 96.7 cm³/mol. The van der Waals surface area contributed by atoms with Crippen molar-refractivity contribution < 1.29 is 9.50 Å². The number of nitrogens with zero attached hydrogens (tertiary/aromatic N) is 2. The van der Waals surface area contributed by atoms with E-state index in [1.807, 2.05) is 24.3 Å². The number of aromatic nitrogens is 2. The molecule has 4 rings (SSSR count). The van der Waals surface area contributed by atoms with Crippen molar-refractivity contribution in [2.75, 3.05) is 0 Å². The molecule has 2 aromatic carbocycles. The summed E-state index contributed by atoms with van der Waals surface area (Å²) in [5.74, 6) is -1.01. The Morgan fingerprint density at radius 2 is 1.81 bits per heavy atom. The molecule has 0 amide bonds. The first-order chi connectivity index (χ1) is 12.5. The lowest BCUT2D eigenvalue weighted by atomic mass is 10.1. The molecule has 0 spiro atoms. The van der Waals surface area contributed by atoms with Crippen LogP contribution >= 0.6 is 0 Å². The highest BCUT2D eigenvalue weighted by Gasteiger charge is 2.17. The Hall–Kier alpha value is -3.74. The van der Waals surface area contributed by atoms with Crippen LogP contribution in [0.5, 0.6) is 5.88 Å². The number of hydrogen-bond acceptors (Lipinski definition) is 4. The van der Waals surface area contributed by atoms with Crippen LogP contribution < -0.4 is 11.2 Å². The highest BCUT2D eigenvalue weighted by atomic mass is 19.1. The fourth-order valence-corrected chi connectivity index (χ4v) is 2.81. The SMILES string of the molecule is O=c1[nH]c(=O)n(-c2ccc(F)cc2)c(O)c1C=C1C=Nc2ccccc21. The lowest BCUT2D eigenvalue weighted by molar-refractivity contribution is 0.429. The molecule has 0 aliphatic carbocycles. The van der Waals surface area contributed by atoms with E-state index in [1.165, 1.54) is 18.2 Å². The van der Waals surface area contributed by atoms with Gasteiger partial charge < -0.3 is 5.11 Å². The molecule has 2 N–H and O–H groups in total. The highest BCUT2D eigenvalue weighted by molar-refractivity contribution is 6.21. The first-order valence-corrected chi connectivity index (χ1v) is 7.74. The van der Waals surface area contributed by atoms with Crippen molar-refractivity contribution in [1.29, 1.82) is 0 Å². The van der Waals surface area contributed by atoms with Gasteiger partial charge in [0.2, 0.25) is 5.88 Å². The predicted octanol–water partition coefficient (Wildman–Crippen LogP) is 2.63. The molecule has 1 aromatic heterocycles. The number of rotatable bonds is 2. The van der Waals surface area contributed by atoms with Crippen molar-refractivity contribution in [3.05, 3.63) is 86.3 Å². The average Bonchev–Trinajstić information content (AvgIpc) is 3.03. The van der Waals surface area contributed by atoms with Crippen LogP contribution in [0.25, 0.3) is 17.3 Å². The highest BCUT2D eigenvalue weighted by Crippen LogP contribution is 2.32. The van der Waals surface area contributed by atoms with Gasteiger partial charge in [-0.2, -0.15) is 0 Å². The zero-order chi connectivity index (χ0) is 18.3. The molecule has 26 heavy (non-hydrogen) atoms. The summed E-state index contributed by atoms with van der Waals surface area (Å²) in [6, 6.07) is 12.3. The number of allylic oxidation sites excluding steroid dienone is 1. The van der Waals surface area contributed by atoms with Gasteiger partial charge in [-0.25, -0.2) is 13.8 Å². The summed E-state index contributed by atoms with van der Waals surface area (Å²) < 4.78 is 14.0. The molecule has 0 saturated heterocycles. The number of para-hydroxylation sites is 1. The summed E-state index contributed by atoms with van der Waals surface area (Å²) >= 11 is 0. The topological polar surface area (TPSA) is 87.5 Å². The summed E-state index contributed by atoms with van der Waals surface area (Å²) in [5, 5.41) is 10.5. The standard InChI is InChI=1S/C19H12FN3O3/c20-12-5-7-13(8-6-12)23-18(25)15(17(24)22-19(23)26)9-11-10-21-16-4-2-1-3-14(11)16/h1-10,25H,(H,22,24,26). The van der Waals surface area contributed by atoms with Crippen LogP contribution in [0.2, 0.25) is 0 Å². The summed E-state index contributed by atoms with van der Waals surface area (Å²) in [4.78, 5) is 30.8. The molecule has 0 fully saturated rings. The van der Waals surface area contributed by atoms with Gasteiger partial charge in [0.15, 0.2) is 0 Å². The van der Waals surface area contributed by atoms with E-state index in [-0.39, 0.29) is 11.3 Å². The van der Waals surface area contributed by atoms with E-state index < -0.39 is 22.9 Å². The van der Waals surface area contributed by atoms with Crippen LogP contribution in [0.3, 0.4) is 0 Å². The number of benzene rings is 2. The molecule has 128 valence electrons. The number of aromatic hydroxyl groups is 1. The fraction of sp³-hybridized carbons (Fsp3) is 0. The van der Waals surface area contributed by atoms with Gasteiger partial charge >= 0.3 is 5.69 Å². The quantitative estimate of drug-likeness (QED) is 0.745. The Balaban J connectivity index is 1.91. The Morgan fingerprint density at radius 3 is 2.58 bits per heavy atom. The van der Waals surface area contributed by atoms with Gasteiger partial charge in [-0.3, -0.25) is 14.8 Å². The number of halogens is 1. The molecule has 6 nitrogen and oxygen atoms in total. The van der Waals surface area contributed by atoms with Crippen LogP contribution in [0.15, 0.2) is 63.1 Å². The van der Waals surface area contributed by atoms with Crippen LogP contribution in [-0.4, -0.2) is 20.9 Å². The van der Waals surface area contributed by atoms with E-state index in [4.69, 9.17) is 0 Å². The number of nitrogens with one attached hydrogen (secondary N) is 1. The Labute approximate surface area is 146 Å². The van der Waals surface area contributed by atoms with E-state index in [0.29, 0.717) is 5.57 Å². The second kappa shape index (κ2) is 5.96. The van der Waals surface area contributed by atoms with Gasteiger partial charge in [-0.05, 0) is 36.4 Å². The molecule has 0 unspecified atom stereocenters. The Morgan fingerprint density at radius 1 is 1.08 bits per heavy atom. The van der Waals surface area contributed by atoms with Crippen LogP contribution in [0.1, 0.15) is 11.1 Å². The molecule has 0 radical (unpaired) electrons. The smallest absolute Gasteiger partial charge is 0.335 e. The van der Waals surface area contributed by atoms with Gasteiger partial charge in [-0.1, -0.05) is 18.2 Å². The third-order valence-corrected chi connectivity index (χ3v) is 4.06. The lowest BCUT2D eigenvalue weighted by Crippen LogP contribution is -2.30. The summed E-state index contributed by atoms with van der Waals surface area (Å²) in [6.07, 6.45) is 3.04. The zero-order valence-corrected chi connectivity index (χ0v) is 13.3. The second-order valence-electron chi connectivity index (χ2n) is 5.68. The monoisotopic (exact) mass is 349 g/mol. The van der Waals surface area contributed by atoms with Crippen molar-refractivity contribution in [1.82, 2.24) is 9.55 Å². The van der Waals surface area contributed by atoms with E-state index in [9.17, 15) is 19.1 Å². The number of fused-ring (bicyclic) bond motifs is 1. The first-order valence-electron chi connectivity index (χ1n) is 7.74. The number of aliphatic imine (C=N–C) groups is 1. The molecule has 1 aliphatic rings. The maximum atomic E-state index is 13.1. The van der Waals surface area contributed by atoms with Gasteiger partial charge in [-0.15, -0.1) is 0 Å². The number of H-pyrrole nitrogens is 1. The van der Waals surface area contributed by atoms with Crippen molar-refractivity contribution in [3.63, 3.8) is 0 Å².